The first-order chi connectivity index (χ1) is 9.24. The van der Waals surface area contributed by atoms with E-state index in [0.717, 1.165) is 18.4 Å². The van der Waals surface area contributed by atoms with Gasteiger partial charge in [0, 0.05) is 11.6 Å². The lowest BCUT2D eigenvalue weighted by Gasteiger charge is -2.09. The number of carbonyl (C=O) groups is 1. The van der Waals surface area contributed by atoms with E-state index in [1.165, 1.54) is 4.80 Å². The molecule has 1 amide bonds. The van der Waals surface area contributed by atoms with Crippen LogP contribution >= 0.6 is 0 Å². The molecule has 6 heteroatoms. The highest BCUT2D eigenvalue weighted by molar-refractivity contribution is 5.80. The Labute approximate surface area is 110 Å². The van der Waals surface area contributed by atoms with Crippen LogP contribution in [0.5, 0.6) is 0 Å². The van der Waals surface area contributed by atoms with Gasteiger partial charge in [0.05, 0.1) is 0 Å². The highest BCUT2D eigenvalue weighted by Crippen LogP contribution is 2.20. The zero-order valence-electron chi connectivity index (χ0n) is 10.7. The summed E-state index contributed by atoms with van der Waals surface area (Å²) in [5.74, 6) is 0.478. The quantitative estimate of drug-likeness (QED) is 0.892. The van der Waals surface area contributed by atoms with Crippen LogP contribution in [0.25, 0.3) is 11.4 Å². The first-order valence-electron chi connectivity index (χ1n) is 6.39. The molecule has 0 saturated heterocycles. The number of nitrogens with zero attached hydrogens (tertiary/aromatic N) is 4. The SMILES string of the molecule is CC(C(=O)NC1CC1)n1nnc(-c2ccccc2)n1. The predicted octanol–water partition coefficient (Wildman–Crippen LogP) is 1.18. The second kappa shape index (κ2) is 4.79. The minimum absolute atomic E-state index is 0.0560. The van der Waals surface area contributed by atoms with E-state index in [9.17, 15) is 4.79 Å². The molecular weight excluding hydrogens is 242 g/mol. The normalized spacial score (nSPS) is 16.1. The van der Waals surface area contributed by atoms with Gasteiger partial charge in [-0.3, -0.25) is 4.79 Å². The third-order valence-corrected chi connectivity index (χ3v) is 3.11. The van der Waals surface area contributed by atoms with Crippen molar-refractivity contribution in [3.05, 3.63) is 30.3 Å². The largest absolute Gasteiger partial charge is 0.351 e. The molecule has 1 aliphatic carbocycles. The van der Waals surface area contributed by atoms with Gasteiger partial charge in [0.2, 0.25) is 11.7 Å². The summed E-state index contributed by atoms with van der Waals surface area (Å²) in [4.78, 5) is 13.3. The Morgan fingerprint density at radius 2 is 2.11 bits per heavy atom. The lowest BCUT2D eigenvalue weighted by atomic mass is 10.2. The molecule has 2 aromatic rings. The van der Waals surface area contributed by atoms with Crippen LogP contribution in [0, 0.1) is 0 Å². The maximum absolute atomic E-state index is 11.9. The van der Waals surface area contributed by atoms with Gasteiger partial charge < -0.3 is 5.32 Å². The standard InChI is InChI=1S/C13H15N5O/c1-9(13(19)14-11-7-8-11)18-16-12(15-17-18)10-5-3-2-4-6-10/h2-6,9,11H,7-8H2,1H3,(H,14,19). The van der Waals surface area contributed by atoms with E-state index in [1.807, 2.05) is 30.3 Å². The molecule has 1 aromatic heterocycles. The summed E-state index contributed by atoms with van der Waals surface area (Å²) in [7, 11) is 0. The summed E-state index contributed by atoms with van der Waals surface area (Å²) in [5, 5.41) is 15.1. The molecule has 1 fully saturated rings. The minimum atomic E-state index is -0.439. The van der Waals surface area contributed by atoms with Crippen molar-refractivity contribution in [2.75, 3.05) is 0 Å². The Morgan fingerprint density at radius 1 is 1.37 bits per heavy atom. The molecule has 1 saturated carbocycles. The van der Waals surface area contributed by atoms with Crippen LogP contribution in [-0.4, -0.2) is 32.2 Å². The van der Waals surface area contributed by atoms with Crippen molar-refractivity contribution in [3.63, 3.8) is 0 Å². The Morgan fingerprint density at radius 3 is 2.79 bits per heavy atom. The molecule has 98 valence electrons. The van der Waals surface area contributed by atoms with Crippen molar-refractivity contribution in [2.24, 2.45) is 0 Å². The van der Waals surface area contributed by atoms with Gasteiger partial charge in [-0.05, 0) is 25.0 Å². The number of hydrogen-bond donors (Lipinski definition) is 1. The highest BCUT2D eigenvalue weighted by Gasteiger charge is 2.27. The van der Waals surface area contributed by atoms with E-state index in [1.54, 1.807) is 6.92 Å². The molecule has 1 atom stereocenters. The van der Waals surface area contributed by atoms with Crippen molar-refractivity contribution in [1.29, 1.82) is 0 Å². The number of amides is 1. The number of aromatic nitrogens is 4. The average molecular weight is 257 g/mol. The van der Waals surface area contributed by atoms with Gasteiger partial charge in [0.15, 0.2) is 0 Å². The number of hydrogen-bond acceptors (Lipinski definition) is 4. The van der Waals surface area contributed by atoms with Crippen molar-refractivity contribution < 1.29 is 4.79 Å². The van der Waals surface area contributed by atoms with Gasteiger partial charge in [-0.15, -0.1) is 10.2 Å². The first kappa shape index (κ1) is 11.8. The van der Waals surface area contributed by atoms with Crippen LogP contribution in [0.3, 0.4) is 0 Å². The molecule has 19 heavy (non-hydrogen) atoms. The Balaban J connectivity index is 1.75. The molecule has 1 unspecified atom stereocenters. The molecule has 0 spiro atoms. The summed E-state index contributed by atoms with van der Waals surface area (Å²) >= 11 is 0. The van der Waals surface area contributed by atoms with Crippen molar-refractivity contribution in [2.45, 2.75) is 31.8 Å². The molecule has 0 aliphatic heterocycles. The molecule has 0 radical (unpaired) electrons. The maximum Gasteiger partial charge on any atom is 0.246 e. The van der Waals surface area contributed by atoms with E-state index < -0.39 is 6.04 Å². The third kappa shape index (κ3) is 2.62. The number of tetrazole rings is 1. The molecule has 6 nitrogen and oxygen atoms in total. The fourth-order valence-electron chi connectivity index (χ4n) is 1.75. The topological polar surface area (TPSA) is 72.7 Å². The van der Waals surface area contributed by atoms with Crippen molar-refractivity contribution in [3.8, 4) is 11.4 Å². The number of rotatable bonds is 4. The second-order valence-electron chi connectivity index (χ2n) is 4.76. The van der Waals surface area contributed by atoms with E-state index in [-0.39, 0.29) is 5.91 Å². The van der Waals surface area contributed by atoms with Crippen molar-refractivity contribution >= 4 is 5.91 Å². The van der Waals surface area contributed by atoms with Crippen LogP contribution < -0.4 is 5.32 Å². The molecule has 1 N–H and O–H groups in total. The second-order valence-corrected chi connectivity index (χ2v) is 4.76. The zero-order valence-corrected chi connectivity index (χ0v) is 10.7. The zero-order chi connectivity index (χ0) is 13.2. The smallest absolute Gasteiger partial charge is 0.246 e. The number of benzene rings is 1. The van der Waals surface area contributed by atoms with Crippen LogP contribution in [-0.2, 0) is 4.79 Å². The lowest BCUT2D eigenvalue weighted by Crippen LogP contribution is -2.33. The van der Waals surface area contributed by atoms with Gasteiger partial charge in [0.25, 0.3) is 0 Å². The molecular formula is C13H15N5O. The number of nitrogens with one attached hydrogen (secondary N) is 1. The van der Waals surface area contributed by atoms with Crippen molar-refractivity contribution in [1.82, 2.24) is 25.5 Å². The monoisotopic (exact) mass is 257 g/mol. The van der Waals surface area contributed by atoms with Gasteiger partial charge in [-0.25, -0.2) is 0 Å². The van der Waals surface area contributed by atoms with Crippen LogP contribution in [0.1, 0.15) is 25.8 Å². The summed E-state index contributed by atoms with van der Waals surface area (Å²) in [6.07, 6.45) is 2.14. The van der Waals surface area contributed by atoms with E-state index in [4.69, 9.17) is 0 Å². The van der Waals surface area contributed by atoms with Gasteiger partial charge in [-0.2, -0.15) is 4.80 Å². The van der Waals surface area contributed by atoms with Gasteiger partial charge in [-0.1, -0.05) is 30.3 Å². The Hall–Kier alpha value is -2.24. The Bertz CT molecular complexity index is 576. The fraction of sp³-hybridized carbons (Fsp3) is 0.385. The maximum atomic E-state index is 11.9. The average Bonchev–Trinajstić information content (AvgIpc) is 3.12. The van der Waals surface area contributed by atoms with Crippen LogP contribution in [0.15, 0.2) is 30.3 Å². The lowest BCUT2D eigenvalue weighted by molar-refractivity contribution is -0.124. The summed E-state index contributed by atoms with van der Waals surface area (Å²) in [5.41, 5.74) is 0.892. The highest BCUT2D eigenvalue weighted by atomic mass is 16.2. The van der Waals surface area contributed by atoms with Gasteiger partial charge in [0.1, 0.15) is 6.04 Å². The van der Waals surface area contributed by atoms with Gasteiger partial charge >= 0.3 is 0 Å². The van der Waals surface area contributed by atoms with Crippen LogP contribution in [0.4, 0.5) is 0 Å². The predicted molar refractivity (Wildman–Crippen MR) is 69.1 cm³/mol. The molecule has 0 bridgehead atoms. The number of carbonyl (C=O) groups excluding carboxylic acids is 1. The van der Waals surface area contributed by atoms with E-state index in [0.29, 0.717) is 11.9 Å². The fourth-order valence-corrected chi connectivity index (χ4v) is 1.75. The molecule has 1 heterocycles. The minimum Gasteiger partial charge on any atom is -0.351 e. The molecule has 1 aromatic carbocycles. The summed E-state index contributed by atoms with van der Waals surface area (Å²) in [6.45, 7) is 1.77. The third-order valence-electron chi connectivity index (χ3n) is 3.11. The first-order valence-corrected chi connectivity index (χ1v) is 6.39. The molecule has 3 rings (SSSR count). The van der Waals surface area contributed by atoms with E-state index >= 15 is 0 Å². The van der Waals surface area contributed by atoms with E-state index in [2.05, 4.69) is 20.7 Å². The molecule has 1 aliphatic rings. The Kier molecular flexibility index (Phi) is 2.98. The summed E-state index contributed by atoms with van der Waals surface area (Å²) < 4.78 is 0. The summed E-state index contributed by atoms with van der Waals surface area (Å²) in [6, 6.07) is 9.49. The van der Waals surface area contributed by atoms with Crippen LogP contribution in [0.2, 0.25) is 0 Å².